The Hall–Kier alpha value is -1.59. The molecule has 0 aliphatic rings. The third-order valence-corrected chi connectivity index (χ3v) is 3.84. The van der Waals surface area contributed by atoms with E-state index >= 15 is 0 Å². The second-order valence-electron chi connectivity index (χ2n) is 7.10. The molecule has 1 aromatic rings. The van der Waals surface area contributed by atoms with Gasteiger partial charge in [-0.05, 0) is 52.3 Å². The summed E-state index contributed by atoms with van der Waals surface area (Å²) in [7, 11) is 0. The molecule has 2 amide bonds. The average Bonchev–Trinajstić information content (AvgIpc) is 2.44. The standard InChI is InChI=1S/C18H28ClN3O2/c1-6-22(12-17(24)21-18(3,4)5)11-16(23)20-13(2)14-7-9-15(19)10-8-14/h7-10,13H,6,11-12H2,1-5H3,(H,20,23)(H,21,24)/p+1/t13-/m0/s1. The number of carbonyl (C=O) groups is 2. The molecule has 6 heteroatoms. The van der Waals surface area contributed by atoms with E-state index in [0.29, 0.717) is 11.6 Å². The fraction of sp³-hybridized carbons (Fsp3) is 0.556. The van der Waals surface area contributed by atoms with E-state index in [2.05, 4.69) is 10.6 Å². The molecule has 0 aromatic heterocycles. The van der Waals surface area contributed by atoms with Crippen molar-refractivity contribution in [3.63, 3.8) is 0 Å². The molecule has 2 atom stereocenters. The van der Waals surface area contributed by atoms with E-state index in [1.54, 1.807) is 12.1 Å². The maximum atomic E-state index is 12.2. The van der Waals surface area contributed by atoms with Crippen LogP contribution in [0.3, 0.4) is 0 Å². The van der Waals surface area contributed by atoms with Gasteiger partial charge in [-0.2, -0.15) is 0 Å². The highest BCUT2D eigenvalue weighted by molar-refractivity contribution is 6.30. The molecular formula is C18H29ClN3O2+. The molecule has 0 radical (unpaired) electrons. The third-order valence-electron chi connectivity index (χ3n) is 3.58. The molecule has 24 heavy (non-hydrogen) atoms. The van der Waals surface area contributed by atoms with E-state index in [1.165, 1.54) is 0 Å². The predicted octanol–water partition coefficient (Wildman–Crippen LogP) is 1.34. The van der Waals surface area contributed by atoms with Crippen molar-refractivity contribution in [3.05, 3.63) is 34.9 Å². The summed E-state index contributed by atoms with van der Waals surface area (Å²) >= 11 is 5.88. The maximum absolute atomic E-state index is 12.2. The molecule has 1 aromatic carbocycles. The quantitative estimate of drug-likeness (QED) is 0.692. The SMILES string of the molecule is CC[NH+](CC(=O)N[C@@H](C)c1ccc(Cl)cc1)CC(=O)NC(C)(C)C. The number of quaternary nitrogens is 1. The van der Waals surface area contributed by atoms with Crippen LogP contribution in [0.2, 0.25) is 5.02 Å². The van der Waals surface area contributed by atoms with Crippen LogP contribution < -0.4 is 15.5 Å². The zero-order valence-electron chi connectivity index (χ0n) is 15.2. The highest BCUT2D eigenvalue weighted by Gasteiger charge is 2.21. The molecular weight excluding hydrogens is 326 g/mol. The average molecular weight is 355 g/mol. The number of nitrogens with one attached hydrogen (secondary N) is 3. The van der Waals surface area contributed by atoms with E-state index in [9.17, 15) is 9.59 Å². The lowest BCUT2D eigenvalue weighted by atomic mass is 10.1. The highest BCUT2D eigenvalue weighted by atomic mass is 35.5. The van der Waals surface area contributed by atoms with Crippen LogP contribution in [-0.4, -0.2) is 37.0 Å². The lowest BCUT2D eigenvalue weighted by molar-refractivity contribution is -0.881. The normalized spacial score (nSPS) is 13.9. The van der Waals surface area contributed by atoms with Crippen molar-refractivity contribution in [2.24, 2.45) is 0 Å². The van der Waals surface area contributed by atoms with Crippen molar-refractivity contribution >= 4 is 23.4 Å². The molecule has 0 heterocycles. The Morgan fingerprint density at radius 3 is 2.17 bits per heavy atom. The summed E-state index contributed by atoms with van der Waals surface area (Å²) < 4.78 is 0. The Kier molecular flexibility index (Phi) is 7.70. The molecule has 0 saturated heterocycles. The van der Waals surface area contributed by atoms with Crippen LogP contribution in [-0.2, 0) is 9.59 Å². The van der Waals surface area contributed by atoms with Gasteiger partial charge in [0.15, 0.2) is 13.1 Å². The molecule has 0 fully saturated rings. The molecule has 1 unspecified atom stereocenters. The van der Waals surface area contributed by atoms with Gasteiger partial charge in [0.1, 0.15) is 0 Å². The monoisotopic (exact) mass is 354 g/mol. The molecule has 0 bridgehead atoms. The number of hydrogen-bond acceptors (Lipinski definition) is 2. The van der Waals surface area contributed by atoms with Crippen LogP contribution in [0.25, 0.3) is 0 Å². The molecule has 0 saturated carbocycles. The van der Waals surface area contributed by atoms with Gasteiger partial charge in [-0.25, -0.2) is 0 Å². The number of hydrogen-bond donors (Lipinski definition) is 3. The molecule has 0 aliphatic carbocycles. The summed E-state index contributed by atoms with van der Waals surface area (Å²) in [5.41, 5.74) is 0.734. The Bertz CT molecular complexity index is 552. The van der Waals surface area contributed by atoms with Crippen LogP contribution in [0.4, 0.5) is 0 Å². The van der Waals surface area contributed by atoms with Gasteiger partial charge in [0.2, 0.25) is 0 Å². The number of halogens is 1. The van der Waals surface area contributed by atoms with E-state index in [4.69, 9.17) is 11.6 Å². The number of likely N-dealkylation sites (N-methyl/N-ethyl adjacent to an activating group) is 1. The molecule has 0 aliphatic heterocycles. The van der Waals surface area contributed by atoms with Crippen LogP contribution in [0.15, 0.2) is 24.3 Å². The zero-order valence-corrected chi connectivity index (χ0v) is 16.0. The van der Waals surface area contributed by atoms with Crippen molar-refractivity contribution in [2.45, 2.75) is 46.2 Å². The van der Waals surface area contributed by atoms with Gasteiger partial charge in [0.25, 0.3) is 11.8 Å². The van der Waals surface area contributed by atoms with Crippen molar-refractivity contribution < 1.29 is 14.5 Å². The van der Waals surface area contributed by atoms with E-state index in [-0.39, 0.29) is 36.5 Å². The van der Waals surface area contributed by atoms with Crippen LogP contribution in [0.1, 0.15) is 46.2 Å². The van der Waals surface area contributed by atoms with Gasteiger partial charge in [-0.15, -0.1) is 0 Å². The second-order valence-corrected chi connectivity index (χ2v) is 7.53. The van der Waals surface area contributed by atoms with E-state index in [1.807, 2.05) is 46.8 Å². The zero-order chi connectivity index (χ0) is 18.3. The third kappa shape index (κ3) is 7.79. The fourth-order valence-electron chi connectivity index (χ4n) is 2.36. The lowest BCUT2D eigenvalue weighted by Gasteiger charge is -2.23. The van der Waals surface area contributed by atoms with Crippen LogP contribution in [0, 0.1) is 0 Å². The first-order valence-electron chi connectivity index (χ1n) is 8.30. The first-order chi connectivity index (χ1) is 11.1. The first-order valence-corrected chi connectivity index (χ1v) is 8.68. The smallest absolute Gasteiger partial charge is 0.275 e. The molecule has 0 spiro atoms. The molecule has 1 rings (SSSR count). The van der Waals surface area contributed by atoms with Gasteiger partial charge < -0.3 is 15.5 Å². The van der Waals surface area contributed by atoms with Crippen LogP contribution >= 0.6 is 11.6 Å². The van der Waals surface area contributed by atoms with Gasteiger partial charge >= 0.3 is 0 Å². The summed E-state index contributed by atoms with van der Waals surface area (Å²) in [6, 6.07) is 7.31. The second kappa shape index (κ2) is 9.04. The largest absolute Gasteiger partial charge is 0.347 e. The fourth-order valence-corrected chi connectivity index (χ4v) is 2.48. The lowest BCUT2D eigenvalue weighted by Crippen LogP contribution is -3.14. The first kappa shape index (κ1) is 20.5. The van der Waals surface area contributed by atoms with Gasteiger partial charge in [-0.1, -0.05) is 23.7 Å². The Morgan fingerprint density at radius 2 is 1.67 bits per heavy atom. The Morgan fingerprint density at radius 1 is 1.12 bits per heavy atom. The van der Waals surface area contributed by atoms with Crippen molar-refractivity contribution in [2.75, 3.05) is 19.6 Å². The minimum atomic E-state index is -0.263. The topological polar surface area (TPSA) is 62.6 Å². The maximum Gasteiger partial charge on any atom is 0.275 e. The summed E-state index contributed by atoms with van der Waals surface area (Å²) in [5.74, 6) is -0.115. The number of benzene rings is 1. The molecule has 134 valence electrons. The Balaban J connectivity index is 2.51. The van der Waals surface area contributed by atoms with E-state index < -0.39 is 0 Å². The molecule has 5 nitrogen and oxygen atoms in total. The van der Waals surface area contributed by atoms with Crippen LogP contribution in [0.5, 0.6) is 0 Å². The molecule has 3 N–H and O–H groups in total. The summed E-state index contributed by atoms with van der Waals surface area (Å²) in [6.07, 6.45) is 0. The number of rotatable bonds is 7. The minimum absolute atomic E-state index is 0.0436. The summed E-state index contributed by atoms with van der Waals surface area (Å²) in [5, 5.41) is 6.56. The Labute approximate surface area is 149 Å². The van der Waals surface area contributed by atoms with E-state index in [0.717, 1.165) is 10.5 Å². The summed E-state index contributed by atoms with van der Waals surface area (Å²) in [6.45, 7) is 11.0. The number of amides is 2. The predicted molar refractivity (Wildman–Crippen MR) is 97.1 cm³/mol. The van der Waals surface area contributed by atoms with Crippen molar-refractivity contribution in [1.82, 2.24) is 10.6 Å². The van der Waals surface area contributed by atoms with Crippen molar-refractivity contribution in [1.29, 1.82) is 0 Å². The van der Waals surface area contributed by atoms with Gasteiger partial charge in [0.05, 0.1) is 12.6 Å². The number of carbonyl (C=O) groups excluding carboxylic acids is 2. The minimum Gasteiger partial charge on any atom is -0.347 e. The summed E-state index contributed by atoms with van der Waals surface area (Å²) in [4.78, 5) is 25.2. The van der Waals surface area contributed by atoms with Crippen molar-refractivity contribution in [3.8, 4) is 0 Å². The van der Waals surface area contributed by atoms with Gasteiger partial charge in [-0.3, -0.25) is 9.59 Å². The van der Waals surface area contributed by atoms with Gasteiger partial charge in [0, 0.05) is 10.6 Å². The highest BCUT2D eigenvalue weighted by Crippen LogP contribution is 2.15.